The first kappa shape index (κ1) is 22.2. The second kappa shape index (κ2) is 10.0. The molecule has 0 saturated heterocycles. The van der Waals surface area contributed by atoms with Crippen molar-refractivity contribution in [3.8, 4) is 5.75 Å². The maximum Gasteiger partial charge on any atom is 0.329 e. The molecule has 31 heavy (non-hydrogen) atoms. The highest BCUT2D eigenvalue weighted by atomic mass is 19.1. The van der Waals surface area contributed by atoms with Gasteiger partial charge in [0, 0.05) is 22.7 Å². The van der Waals surface area contributed by atoms with Gasteiger partial charge in [-0.25, -0.2) is 9.18 Å². The largest absolute Gasteiger partial charge is 0.494 e. The van der Waals surface area contributed by atoms with Crippen LogP contribution in [0.1, 0.15) is 36.7 Å². The zero-order valence-corrected chi connectivity index (χ0v) is 17.7. The Kier molecular flexibility index (Phi) is 7.18. The van der Waals surface area contributed by atoms with Crippen molar-refractivity contribution in [2.75, 3.05) is 6.61 Å². The summed E-state index contributed by atoms with van der Waals surface area (Å²) in [4.78, 5) is 29.5. The summed E-state index contributed by atoms with van der Waals surface area (Å²) in [5, 5.41) is 3.10. The Bertz CT molecular complexity index is 1070. The minimum absolute atomic E-state index is 0.0746. The molecule has 0 radical (unpaired) electrons. The van der Waals surface area contributed by atoms with E-state index in [1.165, 1.54) is 6.07 Å². The van der Waals surface area contributed by atoms with Crippen LogP contribution in [0.15, 0.2) is 54.7 Å². The van der Waals surface area contributed by atoms with Crippen LogP contribution in [-0.4, -0.2) is 29.5 Å². The van der Waals surface area contributed by atoms with Gasteiger partial charge in [0.05, 0.1) is 12.1 Å². The summed E-state index contributed by atoms with van der Waals surface area (Å²) in [6.45, 7) is 5.98. The number of amides is 1. The average molecular weight is 424 g/mol. The van der Waals surface area contributed by atoms with Crippen LogP contribution in [0.5, 0.6) is 5.75 Å². The molecule has 1 amide bonds. The highest BCUT2D eigenvalue weighted by Crippen LogP contribution is 2.21. The average Bonchev–Trinajstić information content (AvgIpc) is 2.77. The van der Waals surface area contributed by atoms with Gasteiger partial charge in [-0.2, -0.15) is 0 Å². The quantitative estimate of drug-likeness (QED) is 0.547. The fraction of sp³-hybridized carbons (Fsp3) is 0.292. The van der Waals surface area contributed by atoms with Crippen LogP contribution < -0.4 is 10.1 Å². The molecule has 0 aliphatic rings. The van der Waals surface area contributed by atoms with Gasteiger partial charge in [-0.05, 0) is 55.3 Å². The lowest BCUT2D eigenvalue weighted by molar-refractivity contribution is -0.148. The van der Waals surface area contributed by atoms with Gasteiger partial charge in [0.1, 0.15) is 24.2 Å². The lowest BCUT2D eigenvalue weighted by Gasteiger charge is -2.21. The van der Waals surface area contributed by atoms with Crippen LogP contribution in [0.2, 0.25) is 0 Å². The molecular weight excluding hydrogens is 399 g/mol. The molecule has 1 N–H and O–H groups in total. The molecule has 0 aliphatic heterocycles. The van der Waals surface area contributed by atoms with Gasteiger partial charge in [0.25, 0.3) is 5.91 Å². The number of pyridine rings is 1. The molecule has 6 nitrogen and oxygen atoms in total. The second-order valence-corrected chi connectivity index (χ2v) is 7.37. The molecule has 2 aromatic carbocycles. The van der Waals surface area contributed by atoms with Gasteiger partial charge >= 0.3 is 5.97 Å². The Morgan fingerprint density at radius 3 is 2.52 bits per heavy atom. The van der Waals surface area contributed by atoms with Crippen LogP contribution in [0.4, 0.5) is 4.39 Å². The molecule has 0 bridgehead atoms. The smallest absolute Gasteiger partial charge is 0.329 e. The van der Waals surface area contributed by atoms with E-state index in [9.17, 15) is 14.0 Å². The number of fused-ring (bicyclic) bond motifs is 1. The van der Waals surface area contributed by atoms with E-state index in [0.29, 0.717) is 34.4 Å². The number of benzene rings is 2. The third-order valence-electron chi connectivity index (χ3n) is 4.80. The lowest BCUT2D eigenvalue weighted by atomic mass is 10.0. The van der Waals surface area contributed by atoms with Crippen LogP contribution >= 0.6 is 0 Å². The first-order valence-corrected chi connectivity index (χ1v) is 10.1. The number of hydrogen-bond acceptors (Lipinski definition) is 5. The van der Waals surface area contributed by atoms with Gasteiger partial charge in [-0.3, -0.25) is 9.78 Å². The molecule has 0 aliphatic carbocycles. The lowest BCUT2D eigenvalue weighted by Crippen LogP contribution is -2.45. The number of rotatable bonds is 8. The van der Waals surface area contributed by atoms with Crippen molar-refractivity contribution in [2.45, 2.75) is 33.4 Å². The van der Waals surface area contributed by atoms with Crippen molar-refractivity contribution in [1.29, 1.82) is 0 Å². The van der Waals surface area contributed by atoms with Gasteiger partial charge in [0.2, 0.25) is 0 Å². The summed E-state index contributed by atoms with van der Waals surface area (Å²) in [6, 6.07) is 12.0. The molecule has 0 unspecified atom stereocenters. The van der Waals surface area contributed by atoms with E-state index in [-0.39, 0.29) is 24.2 Å². The molecule has 3 rings (SSSR count). The Balaban J connectivity index is 1.68. The fourth-order valence-electron chi connectivity index (χ4n) is 3.14. The number of nitrogens with zero attached hydrogens (tertiary/aromatic N) is 1. The second-order valence-electron chi connectivity index (χ2n) is 7.37. The normalized spacial score (nSPS) is 11.9. The summed E-state index contributed by atoms with van der Waals surface area (Å²) in [5.41, 5.74) is 1.44. The predicted octanol–water partition coefficient (Wildman–Crippen LogP) is 4.27. The van der Waals surface area contributed by atoms with E-state index in [2.05, 4.69) is 10.3 Å². The highest BCUT2D eigenvalue weighted by molar-refractivity contribution is 5.97. The van der Waals surface area contributed by atoms with Crippen LogP contribution in [0.3, 0.4) is 0 Å². The monoisotopic (exact) mass is 424 g/mol. The molecule has 1 atom stereocenters. The molecule has 1 aromatic heterocycles. The maximum atomic E-state index is 14.0. The molecule has 7 heteroatoms. The molecule has 0 spiro atoms. The molecule has 1 heterocycles. The Morgan fingerprint density at radius 1 is 1.10 bits per heavy atom. The van der Waals surface area contributed by atoms with Gasteiger partial charge in [-0.15, -0.1) is 0 Å². The van der Waals surface area contributed by atoms with E-state index < -0.39 is 12.0 Å². The van der Waals surface area contributed by atoms with Crippen molar-refractivity contribution in [1.82, 2.24) is 10.3 Å². The van der Waals surface area contributed by atoms with Gasteiger partial charge < -0.3 is 14.8 Å². The number of carbonyl (C=O) groups excluding carboxylic acids is 2. The summed E-state index contributed by atoms with van der Waals surface area (Å²) in [7, 11) is 0. The zero-order chi connectivity index (χ0) is 22.4. The van der Waals surface area contributed by atoms with Crippen LogP contribution in [0, 0.1) is 11.7 Å². The first-order chi connectivity index (χ1) is 14.9. The highest BCUT2D eigenvalue weighted by Gasteiger charge is 2.26. The molecular formula is C24H25FN2O4. The minimum Gasteiger partial charge on any atom is -0.494 e. The van der Waals surface area contributed by atoms with Crippen LogP contribution in [0.25, 0.3) is 10.9 Å². The molecule has 162 valence electrons. The first-order valence-electron chi connectivity index (χ1n) is 10.1. The fourth-order valence-corrected chi connectivity index (χ4v) is 3.14. The SMILES string of the molecule is CCOc1ccc(C(=O)N[C@H](C(=O)OCc2ccc(F)c3cccnc23)C(C)C)cc1. The minimum atomic E-state index is -0.834. The summed E-state index contributed by atoms with van der Waals surface area (Å²) < 4.78 is 24.8. The number of halogens is 1. The van der Waals surface area contributed by atoms with Gasteiger partial charge in [-0.1, -0.05) is 19.9 Å². The van der Waals surface area contributed by atoms with Crippen molar-refractivity contribution in [3.63, 3.8) is 0 Å². The van der Waals surface area contributed by atoms with E-state index in [1.54, 1.807) is 48.7 Å². The van der Waals surface area contributed by atoms with E-state index in [1.807, 2.05) is 20.8 Å². The van der Waals surface area contributed by atoms with Crippen molar-refractivity contribution >= 4 is 22.8 Å². The molecule has 0 saturated carbocycles. The van der Waals surface area contributed by atoms with Crippen molar-refractivity contribution in [2.24, 2.45) is 5.92 Å². The number of nitrogens with one attached hydrogen (secondary N) is 1. The Labute approximate surface area is 180 Å². The standard InChI is InChI=1S/C24H25FN2O4/c1-4-30-18-10-7-16(8-11-18)23(28)27-21(15(2)3)24(29)31-14-17-9-12-20(25)19-6-5-13-26-22(17)19/h5-13,15,21H,4,14H2,1-3H3,(H,27,28)/t21-/m0/s1. The maximum absolute atomic E-state index is 14.0. The third-order valence-corrected chi connectivity index (χ3v) is 4.80. The zero-order valence-electron chi connectivity index (χ0n) is 17.7. The van der Waals surface area contributed by atoms with E-state index in [0.717, 1.165) is 0 Å². The summed E-state index contributed by atoms with van der Waals surface area (Å²) in [5.74, 6) is -0.864. The number of esters is 1. The molecule has 0 fully saturated rings. The van der Waals surface area contributed by atoms with Crippen molar-refractivity contribution in [3.05, 3.63) is 71.7 Å². The Hall–Kier alpha value is -3.48. The molecule has 3 aromatic rings. The summed E-state index contributed by atoms with van der Waals surface area (Å²) >= 11 is 0. The number of carbonyl (C=O) groups is 2. The predicted molar refractivity (Wildman–Crippen MR) is 115 cm³/mol. The van der Waals surface area contributed by atoms with Crippen molar-refractivity contribution < 1.29 is 23.5 Å². The van der Waals surface area contributed by atoms with Crippen LogP contribution in [-0.2, 0) is 16.1 Å². The van der Waals surface area contributed by atoms with Gasteiger partial charge in [0.15, 0.2) is 0 Å². The number of hydrogen-bond donors (Lipinski definition) is 1. The number of ether oxygens (including phenoxy) is 2. The summed E-state index contributed by atoms with van der Waals surface area (Å²) in [6.07, 6.45) is 1.56. The van der Waals surface area contributed by atoms with E-state index in [4.69, 9.17) is 9.47 Å². The van der Waals surface area contributed by atoms with E-state index >= 15 is 0 Å². The Morgan fingerprint density at radius 2 is 1.84 bits per heavy atom. The topological polar surface area (TPSA) is 77.5 Å². The number of aromatic nitrogens is 1. The third kappa shape index (κ3) is 5.36.